The van der Waals surface area contributed by atoms with Gasteiger partial charge >= 0.3 is 0 Å². The Morgan fingerprint density at radius 2 is 0.949 bits per heavy atom. The molecule has 0 atom stereocenters. The fourth-order valence-electron chi connectivity index (χ4n) is 6.10. The summed E-state index contributed by atoms with van der Waals surface area (Å²) in [6.45, 7) is 12.0. The van der Waals surface area contributed by atoms with E-state index in [-0.39, 0.29) is 23.0 Å². The molecule has 0 radical (unpaired) electrons. The minimum absolute atomic E-state index is 0.0224. The van der Waals surface area contributed by atoms with Crippen LogP contribution in [0.2, 0.25) is 0 Å². The smallest absolute Gasteiger partial charge is 0.228 e. The first-order valence-electron chi connectivity index (χ1n) is 13.7. The molecule has 0 amide bonds. The van der Waals surface area contributed by atoms with Crippen LogP contribution in [0.1, 0.15) is 28.2 Å². The van der Waals surface area contributed by atoms with Crippen LogP contribution in [0.15, 0.2) is 24.3 Å². The van der Waals surface area contributed by atoms with Gasteiger partial charge in [-0.3, -0.25) is 0 Å². The van der Waals surface area contributed by atoms with Gasteiger partial charge in [-0.05, 0) is 26.0 Å². The predicted molar refractivity (Wildman–Crippen MR) is 150 cm³/mol. The maximum atomic E-state index is 11.4. The monoisotopic (exact) mass is 562 g/mol. The van der Waals surface area contributed by atoms with E-state index in [9.17, 15) is 20.4 Å². The summed E-state index contributed by atoms with van der Waals surface area (Å²) in [5.41, 5.74) is 2.09. The van der Waals surface area contributed by atoms with Crippen LogP contribution in [0, 0.1) is 13.8 Å². The van der Waals surface area contributed by atoms with Crippen LogP contribution in [0.4, 0.5) is 0 Å². The molecule has 3 heterocycles. The first-order valence-corrected chi connectivity index (χ1v) is 15.6. The van der Waals surface area contributed by atoms with E-state index in [4.69, 9.17) is 14.2 Å². The Morgan fingerprint density at radius 3 is 1.28 bits per heavy atom. The highest BCUT2D eigenvalue weighted by atomic mass is 31.2. The molecular weight excluding hydrogens is 521 g/mol. The van der Waals surface area contributed by atoms with Crippen LogP contribution < -0.4 is 0 Å². The molecule has 5 rings (SSSR count). The summed E-state index contributed by atoms with van der Waals surface area (Å²) in [6, 6.07) is 6.74. The minimum atomic E-state index is -2.29. The Kier molecular flexibility index (Phi) is 8.83. The highest BCUT2D eigenvalue weighted by Gasteiger charge is 2.58. The van der Waals surface area contributed by atoms with E-state index in [0.29, 0.717) is 68.1 Å². The van der Waals surface area contributed by atoms with E-state index in [2.05, 4.69) is 14.0 Å². The Balaban J connectivity index is 1.71. The number of hydrogen-bond donors (Lipinski definition) is 4. The van der Waals surface area contributed by atoms with Crippen LogP contribution in [0.3, 0.4) is 0 Å². The van der Waals surface area contributed by atoms with E-state index < -0.39 is 13.6 Å². The van der Waals surface area contributed by atoms with Gasteiger partial charge in [0.2, 0.25) is 7.71 Å². The molecule has 3 fully saturated rings. The van der Waals surface area contributed by atoms with Crippen molar-refractivity contribution in [3.63, 3.8) is 0 Å². The number of morpholine rings is 3. The summed E-state index contributed by atoms with van der Waals surface area (Å²) >= 11 is 0. The van der Waals surface area contributed by atoms with Crippen molar-refractivity contribution in [2.75, 3.05) is 85.1 Å². The van der Waals surface area contributed by atoms with Gasteiger partial charge in [0.1, 0.15) is 29.2 Å². The fourth-order valence-corrected chi connectivity index (χ4v) is 11.2. The van der Waals surface area contributed by atoms with Crippen molar-refractivity contribution in [2.45, 2.75) is 19.8 Å². The summed E-state index contributed by atoms with van der Waals surface area (Å²) in [7, 11) is -2.29. The molecule has 0 bridgehead atoms. The normalized spacial score (nSPS) is 20.5. The van der Waals surface area contributed by atoms with Crippen molar-refractivity contribution >= 4 is 7.71 Å². The van der Waals surface area contributed by atoms with Crippen LogP contribution in [0.5, 0.6) is 23.0 Å². The van der Waals surface area contributed by atoms with Crippen LogP contribution in [-0.4, -0.2) is 120 Å². The van der Waals surface area contributed by atoms with Gasteiger partial charge in [0.05, 0.1) is 84.8 Å². The van der Waals surface area contributed by atoms with Gasteiger partial charge in [-0.25, -0.2) is 0 Å². The lowest BCUT2D eigenvalue weighted by Gasteiger charge is -2.51. The molecule has 2 aromatic rings. The lowest BCUT2D eigenvalue weighted by Crippen LogP contribution is -2.55. The molecule has 11 heteroatoms. The zero-order valence-corrected chi connectivity index (χ0v) is 23.8. The van der Waals surface area contributed by atoms with E-state index in [0.717, 1.165) is 39.3 Å². The number of phenols is 4. The molecule has 214 valence electrons. The third-order valence-corrected chi connectivity index (χ3v) is 13.1. The van der Waals surface area contributed by atoms with Crippen molar-refractivity contribution in [3.05, 3.63) is 46.5 Å². The van der Waals surface area contributed by atoms with Gasteiger partial charge in [0.25, 0.3) is 0 Å². The summed E-state index contributed by atoms with van der Waals surface area (Å²) < 4.78 is 25.2. The minimum Gasteiger partial charge on any atom is -0.508 e. The molecule has 39 heavy (non-hydrogen) atoms. The van der Waals surface area contributed by atoms with Crippen molar-refractivity contribution in [2.24, 2.45) is 0 Å². The third kappa shape index (κ3) is 5.44. The first-order chi connectivity index (χ1) is 18.8. The second-order valence-corrected chi connectivity index (χ2v) is 13.9. The number of rotatable bonds is 7. The molecule has 4 N–H and O–H groups in total. The largest absolute Gasteiger partial charge is 0.508 e. The van der Waals surface area contributed by atoms with Gasteiger partial charge in [0, 0.05) is 22.3 Å². The fraction of sp³-hybridized carbons (Fsp3) is 0.571. The van der Waals surface area contributed by atoms with Crippen molar-refractivity contribution in [3.8, 4) is 23.0 Å². The molecule has 0 saturated carbocycles. The standard InChI is InChI=1S/C28H40N3O7P/c1-20-25(32)5-3-22(27(20)34)24(23-4-6-26(33)21(2)28(23)35)19-39(29-7-13-36-14-8-29,30-9-15-37-16-10-30)31-11-17-38-18-12-31/h3-6,24H,7-19H2,1-2H3,(H3-,32,33,34,35)/p+1. The Hall–Kier alpha value is -2.17. The van der Waals surface area contributed by atoms with Gasteiger partial charge < -0.3 is 34.6 Å². The second kappa shape index (κ2) is 12.1. The summed E-state index contributed by atoms with van der Waals surface area (Å²) in [5.74, 6) is -0.317. The van der Waals surface area contributed by atoms with Gasteiger partial charge in [-0.2, -0.15) is 0 Å². The van der Waals surface area contributed by atoms with Crippen LogP contribution >= 0.6 is 7.71 Å². The van der Waals surface area contributed by atoms with Crippen molar-refractivity contribution in [1.29, 1.82) is 0 Å². The Labute approximate surface area is 230 Å². The number of phenolic OH excluding ortho intramolecular Hbond substituents is 4. The van der Waals surface area contributed by atoms with E-state index in [1.165, 1.54) is 0 Å². The van der Waals surface area contributed by atoms with Crippen LogP contribution in [-0.2, 0) is 14.2 Å². The molecule has 0 aliphatic carbocycles. The lowest BCUT2D eigenvalue weighted by molar-refractivity contribution is 0.0348. The Bertz CT molecular complexity index is 1050. The SMILES string of the molecule is Cc1c(O)ccc(C(C[P+](N2CCOCC2)(N2CCOCC2)N2CCOCC2)c2ccc(O)c(C)c2O)c1O. The predicted octanol–water partition coefficient (Wildman–Crippen LogP) is 3.02. The zero-order valence-electron chi connectivity index (χ0n) is 22.9. The van der Waals surface area contributed by atoms with Gasteiger partial charge in [0.15, 0.2) is 0 Å². The molecule has 10 nitrogen and oxygen atoms in total. The van der Waals surface area contributed by atoms with Crippen molar-refractivity contribution < 1.29 is 34.6 Å². The maximum absolute atomic E-state index is 11.4. The molecule has 2 aromatic carbocycles. The molecule has 3 saturated heterocycles. The maximum Gasteiger partial charge on any atom is 0.228 e. The molecule has 0 aromatic heterocycles. The number of ether oxygens (including phenoxy) is 3. The van der Waals surface area contributed by atoms with Crippen LogP contribution in [0.25, 0.3) is 0 Å². The molecular formula is C28H41N3O7P+. The third-order valence-electron chi connectivity index (χ3n) is 8.37. The molecule has 3 aliphatic heterocycles. The highest BCUT2D eigenvalue weighted by molar-refractivity contribution is 7.69. The molecule has 0 unspecified atom stereocenters. The number of aromatic hydroxyl groups is 4. The van der Waals surface area contributed by atoms with Gasteiger partial charge in [-0.15, -0.1) is 14.0 Å². The number of nitrogens with zero attached hydrogens (tertiary/aromatic N) is 3. The summed E-state index contributed by atoms with van der Waals surface area (Å²) in [4.78, 5) is 0. The summed E-state index contributed by atoms with van der Waals surface area (Å²) in [6.07, 6.45) is 0.628. The number of hydrogen-bond acceptors (Lipinski definition) is 10. The Morgan fingerprint density at radius 1 is 0.615 bits per heavy atom. The van der Waals surface area contributed by atoms with E-state index in [1.54, 1.807) is 38.1 Å². The number of benzene rings is 2. The van der Waals surface area contributed by atoms with E-state index >= 15 is 0 Å². The molecule has 0 spiro atoms. The quantitative estimate of drug-likeness (QED) is 0.375. The van der Waals surface area contributed by atoms with Gasteiger partial charge in [-0.1, -0.05) is 12.1 Å². The van der Waals surface area contributed by atoms with Crippen molar-refractivity contribution in [1.82, 2.24) is 14.0 Å². The highest BCUT2D eigenvalue weighted by Crippen LogP contribution is 2.70. The topological polar surface area (TPSA) is 118 Å². The summed E-state index contributed by atoms with van der Waals surface area (Å²) in [5, 5.41) is 43.5. The lowest BCUT2D eigenvalue weighted by atomic mass is 9.89. The first kappa shape index (κ1) is 28.4. The average molecular weight is 563 g/mol. The zero-order chi connectivity index (χ0) is 27.6. The second-order valence-electron chi connectivity index (χ2n) is 10.4. The molecule has 3 aliphatic rings. The average Bonchev–Trinajstić information content (AvgIpc) is 2.98. The van der Waals surface area contributed by atoms with E-state index in [1.807, 2.05) is 0 Å².